The van der Waals surface area contributed by atoms with Crippen LogP contribution in [0, 0.1) is 11.5 Å². The summed E-state index contributed by atoms with van der Waals surface area (Å²) in [5.74, 6) is 1.12. The van der Waals surface area contributed by atoms with E-state index in [1.54, 1.807) is 4.90 Å². The zero-order chi connectivity index (χ0) is 16.4. The molecule has 1 aliphatic heterocycles. The molecule has 1 aromatic heterocycles. The Hall–Kier alpha value is -3.06. The lowest BCUT2D eigenvalue weighted by Crippen LogP contribution is -2.12. The molecule has 0 spiro atoms. The second-order valence-corrected chi connectivity index (χ2v) is 6.09. The first-order valence-electron chi connectivity index (χ1n) is 8.10. The highest BCUT2D eigenvalue weighted by Crippen LogP contribution is 2.31. The third-order valence-corrected chi connectivity index (χ3v) is 4.53. The van der Waals surface area contributed by atoms with Crippen LogP contribution in [0.5, 0.6) is 0 Å². The van der Waals surface area contributed by atoms with Crippen LogP contribution in [0.15, 0.2) is 65.2 Å². The summed E-state index contributed by atoms with van der Waals surface area (Å²) >= 11 is 0. The third-order valence-electron chi connectivity index (χ3n) is 4.53. The molecule has 1 saturated heterocycles. The highest BCUT2D eigenvalue weighted by molar-refractivity contribution is 5.71. The first kappa shape index (κ1) is 14.5. The molecule has 0 N–H and O–H groups in total. The lowest BCUT2D eigenvalue weighted by atomic mass is 10.0. The lowest BCUT2D eigenvalue weighted by Gasteiger charge is -2.05. The summed E-state index contributed by atoms with van der Waals surface area (Å²) in [6, 6.07) is 20.6. The van der Waals surface area contributed by atoms with Crippen molar-refractivity contribution in [2.75, 3.05) is 13.1 Å². The summed E-state index contributed by atoms with van der Waals surface area (Å²) in [6.07, 6.45) is 3.14. The first-order valence-corrected chi connectivity index (χ1v) is 8.10. The van der Waals surface area contributed by atoms with Gasteiger partial charge in [0.1, 0.15) is 11.5 Å². The molecule has 1 fully saturated rings. The first-order chi connectivity index (χ1) is 11.8. The van der Waals surface area contributed by atoms with Gasteiger partial charge in [-0.25, -0.2) is 0 Å². The van der Waals surface area contributed by atoms with Crippen molar-refractivity contribution in [2.24, 2.45) is 0 Å². The van der Waals surface area contributed by atoms with E-state index in [1.807, 2.05) is 36.4 Å². The zero-order valence-corrected chi connectivity index (χ0v) is 13.2. The van der Waals surface area contributed by atoms with Crippen LogP contribution in [0.3, 0.4) is 0 Å². The van der Waals surface area contributed by atoms with Gasteiger partial charge in [0.05, 0.1) is 0 Å². The molecule has 24 heavy (non-hydrogen) atoms. The van der Waals surface area contributed by atoms with Crippen molar-refractivity contribution >= 4 is 0 Å². The fraction of sp³-hybridized carbons (Fsp3) is 0.200. The maximum Gasteiger partial charge on any atom is 0.179 e. The molecule has 1 aliphatic rings. The van der Waals surface area contributed by atoms with Crippen LogP contribution in [-0.2, 0) is 0 Å². The minimum atomic E-state index is 0.253. The van der Waals surface area contributed by atoms with Gasteiger partial charge in [-0.15, -0.1) is 0 Å². The van der Waals surface area contributed by atoms with Crippen molar-refractivity contribution in [3.8, 4) is 28.6 Å². The normalized spacial score (nSPS) is 17.0. The van der Waals surface area contributed by atoms with E-state index in [0.717, 1.165) is 42.1 Å². The molecule has 3 aromatic rings. The molecule has 2 aromatic carbocycles. The molecule has 4 heteroatoms. The Morgan fingerprint density at radius 1 is 1.00 bits per heavy atom. The average molecular weight is 315 g/mol. The molecule has 4 rings (SSSR count). The van der Waals surface area contributed by atoms with Crippen molar-refractivity contribution < 1.29 is 4.52 Å². The van der Waals surface area contributed by atoms with Crippen LogP contribution in [-0.4, -0.2) is 23.1 Å². The van der Waals surface area contributed by atoms with Gasteiger partial charge in [-0.05, 0) is 23.6 Å². The summed E-state index contributed by atoms with van der Waals surface area (Å²) in [7, 11) is 0. The van der Waals surface area contributed by atoms with Gasteiger partial charge in [0.15, 0.2) is 6.19 Å². The van der Waals surface area contributed by atoms with Crippen molar-refractivity contribution in [2.45, 2.75) is 12.3 Å². The highest BCUT2D eigenvalue weighted by atomic mass is 16.5. The van der Waals surface area contributed by atoms with Crippen LogP contribution >= 0.6 is 0 Å². The zero-order valence-electron chi connectivity index (χ0n) is 13.2. The summed E-state index contributed by atoms with van der Waals surface area (Å²) < 4.78 is 5.56. The molecule has 0 saturated carbocycles. The van der Waals surface area contributed by atoms with Crippen LogP contribution in [0.1, 0.15) is 18.1 Å². The Kier molecular flexibility index (Phi) is 3.76. The van der Waals surface area contributed by atoms with Crippen molar-refractivity contribution in [1.82, 2.24) is 10.1 Å². The molecule has 118 valence electrons. The Morgan fingerprint density at radius 3 is 2.58 bits per heavy atom. The molecular formula is C20H17N3O. The summed E-state index contributed by atoms with van der Waals surface area (Å²) in [5, 5.41) is 13.2. The minimum Gasteiger partial charge on any atom is -0.360 e. The highest BCUT2D eigenvalue weighted by Gasteiger charge is 2.26. The maximum atomic E-state index is 8.98. The standard InChI is InChI=1S/C20H17N3O/c21-14-23-10-9-18(13-23)20-12-19(22-24-20)17-8-4-7-16(11-17)15-5-2-1-3-6-15/h1-8,11-12,18H,9-10,13H2/t18-/m1/s1. The van der Waals surface area contributed by atoms with Gasteiger partial charge in [-0.2, -0.15) is 5.26 Å². The number of benzene rings is 2. The summed E-state index contributed by atoms with van der Waals surface area (Å²) in [4.78, 5) is 1.77. The van der Waals surface area contributed by atoms with E-state index in [4.69, 9.17) is 9.78 Å². The quantitative estimate of drug-likeness (QED) is 0.677. The van der Waals surface area contributed by atoms with E-state index in [-0.39, 0.29) is 5.92 Å². The maximum absolute atomic E-state index is 8.98. The molecule has 0 radical (unpaired) electrons. The molecule has 0 unspecified atom stereocenters. The predicted octanol–water partition coefficient (Wildman–Crippen LogP) is 4.28. The Morgan fingerprint density at radius 2 is 1.79 bits per heavy atom. The third kappa shape index (κ3) is 2.77. The number of nitrogens with zero attached hydrogens (tertiary/aromatic N) is 3. The van der Waals surface area contributed by atoms with Crippen molar-refractivity contribution in [3.63, 3.8) is 0 Å². The predicted molar refractivity (Wildman–Crippen MR) is 91.9 cm³/mol. The minimum absolute atomic E-state index is 0.253. The number of nitriles is 1. The van der Waals surface area contributed by atoms with Crippen molar-refractivity contribution in [1.29, 1.82) is 5.26 Å². The Bertz CT molecular complexity index is 879. The number of likely N-dealkylation sites (tertiary alicyclic amines) is 1. The molecule has 0 bridgehead atoms. The molecule has 1 atom stereocenters. The van der Waals surface area contributed by atoms with Crippen LogP contribution < -0.4 is 0 Å². The Labute approximate surface area is 140 Å². The van der Waals surface area contributed by atoms with E-state index in [0.29, 0.717) is 0 Å². The summed E-state index contributed by atoms with van der Waals surface area (Å²) in [5.41, 5.74) is 4.23. The molecule has 4 nitrogen and oxygen atoms in total. The van der Waals surface area contributed by atoms with Crippen molar-refractivity contribution in [3.05, 3.63) is 66.4 Å². The van der Waals surface area contributed by atoms with Crippen LogP contribution in [0.2, 0.25) is 0 Å². The number of hydrogen-bond acceptors (Lipinski definition) is 4. The van der Waals surface area contributed by atoms with E-state index in [1.165, 1.54) is 5.56 Å². The van der Waals surface area contributed by atoms with E-state index in [9.17, 15) is 0 Å². The monoisotopic (exact) mass is 315 g/mol. The van der Waals surface area contributed by atoms with Gasteiger partial charge < -0.3 is 9.42 Å². The lowest BCUT2D eigenvalue weighted by molar-refractivity contribution is 0.360. The molecule has 0 aliphatic carbocycles. The van der Waals surface area contributed by atoms with E-state index < -0.39 is 0 Å². The number of aromatic nitrogens is 1. The van der Waals surface area contributed by atoms with Gasteiger partial charge in [0.2, 0.25) is 0 Å². The largest absolute Gasteiger partial charge is 0.360 e. The van der Waals surface area contributed by atoms with Gasteiger partial charge in [-0.3, -0.25) is 0 Å². The van der Waals surface area contributed by atoms with E-state index >= 15 is 0 Å². The van der Waals surface area contributed by atoms with Gasteiger partial charge in [-0.1, -0.05) is 53.7 Å². The topological polar surface area (TPSA) is 53.1 Å². The number of rotatable bonds is 3. The second kappa shape index (κ2) is 6.21. The smallest absolute Gasteiger partial charge is 0.179 e. The fourth-order valence-corrected chi connectivity index (χ4v) is 3.19. The fourth-order valence-electron chi connectivity index (χ4n) is 3.19. The number of hydrogen-bond donors (Lipinski definition) is 0. The molecule has 2 heterocycles. The van der Waals surface area contributed by atoms with Gasteiger partial charge in [0, 0.05) is 30.6 Å². The molecular weight excluding hydrogens is 298 g/mol. The second-order valence-electron chi connectivity index (χ2n) is 6.09. The van der Waals surface area contributed by atoms with Crippen LogP contribution in [0.25, 0.3) is 22.4 Å². The van der Waals surface area contributed by atoms with Gasteiger partial charge in [0.25, 0.3) is 0 Å². The molecule has 0 amide bonds. The SMILES string of the molecule is N#CN1CC[C@@H](c2cc(-c3cccc(-c4ccccc4)c3)no2)C1. The van der Waals surface area contributed by atoms with E-state index in [2.05, 4.69) is 35.6 Å². The Balaban J connectivity index is 1.60. The average Bonchev–Trinajstić information content (AvgIpc) is 3.32. The van der Waals surface area contributed by atoms with Gasteiger partial charge >= 0.3 is 0 Å². The van der Waals surface area contributed by atoms with Crippen LogP contribution in [0.4, 0.5) is 0 Å². The summed E-state index contributed by atoms with van der Waals surface area (Å²) in [6.45, 7) is 1.51.